The number of carbonyl (C=O) groups excluding carboxylic acids is 2. The molecule has 174 valence electrons. The Hall–Kier alpha value is -0.197. The van der Waals surface area contributed by atoms with Gasteiger partial charge in [-0.3, -0.25) is 13.6 Å². The van der Waals surface area contributed by atoms with Gasteiger partial charge in [-0.15, -0.1) is 23.2 Å². The second kappa shape index (κ2) is 22.5. The molecular weight excluding hydrogens is 453 g/mol. The van der Waals surface area contributed by atoms with E-state index in [2.05, 4.69) is 118 Å². The first-order valence-electron chi connectivity index (χ1n) is 10.0. The van der Waals surface area contributed by atoms with Gasteiger partial charge in [-0.1, -0.05) is 95.9 Å². The number of hydrogen-bond donors (Lipinski definition) is 0. The molecule has 0 aliphatic carbocycles. The SMILES string of the molecule is CCC([N-]C(C)C)[N-]C(C)(C)C.CCC([N-]C(C)C)[N-]C(C)(C)C.[CH-]=O.[CH-]=O.[Ru+6]. The van der Waals surface area contributed by atoms with Gasteiger partial charge in [0, 0.05) is 0 Å². The Morgan fingerprint density at radius 2 is 0.828 bits per heavy atom. The zero-order valence-corrected chi connectivity index (χ0v) is 22.6. The zero-order valence-electron chi connectivity index (χ0n) is 20.8. The molecule has 7 heteroatoms. The van der Waals surface area contributed by atoms with Gasteiger partial charge in [-0.25, -0.2) is 12.3 Å². The van der Waals surface area contributed by atoms with Crippen molar-refractivity contribution in [1.82, 2.24) is 0 Å². The summed E-state index contributed by atoms with van der Waals surface area (Å²) >= 11 is 0. The van der Waals surface area contributed by atoms with E-state index in [1.807, 2.05) is 0 Å². The maximum absolute atomic E-state index is 7.75. The van der Waals surface area contributed by atoms with Crippen molar-refractivity contribution in [3.63, 3.8) is 0 Å². The summed E-state index contributed by atoms with van der Waals surface area (Å²) in [5, 5.41) is 18.2. The van der Waals surface area contributed by atoms with Gasteiger partial charge in [0.25, 0.3) is 0 Å². The third-order valence-electron chi connectivity index (χ3n) is 2.74. The molecule has 2 atom stereocenters. The minimum absolute atomic E-state index is 0. The van der Waals surface area contributed by atoms with E-state index >= 15 is 0 Å². The molecule has 2 unspecified atom stereocenters. The van der Waals surface area contributed by atoms with Crippen LogP contribution in [0.15, 0.2) is 0 Å². The fourth-order valence-electron chi connectivity index (χ4n) is 2.04. The van der Waals surface area contributed by atoms with Crippen LogP contribution in [0, 0.1) is 0 Å². The van der Waals surface area contributed by atoms with Gasteiger partial charge in [0.15, 0.2) is 0 Å². The number of rotatable bonds is 8. The summed E-state index contributed by atoms with van der Waals surface area (Å²) in [4.78, 5) is 15.5. The van der Waals surface area contributed by atoms with Crippen LogP contribution in [0.25, 0.3) is 21.3 Å². The van der Waals surface area contributed by atoms with Crippen molar-refractivity contribution in [3.05, 3.63) is 21.3 Å². The Labute approximate surface area is 195 Å². The smallest absolute Gasteiger partial charge is 0.676 e. The molecule has 0 spiro atoms. The second-order valence-corrected chi connectivity index (χ2v) is 8.86. The van der Waals surface area contributed by atoms with Gasteiger partial charge in [-0.05, 0) is 0 Å². The van der Waals surface area contributed by atoms with Gasteiger partial charge < -0.3 is 30.9 Å². The Kier molecular flexibility index (Phi) is 30.5. The van der Waals surface area contributed by atoms with E-state index in [0.29, 0.717) is 12.1 Å². The molecule has 0 amide bonds. The molecule has 0 heterocycles. The summed E-state index contributed by atoms with van der Waals surface area (Å²) in [6.45, 7) is 31.9. The Balaban J connectivity index is -0.000000109. The van der Waals surface area contributed by atoms with Crippen LogP contribution in [-0.2, 0) is 29.1 Å². The minimum atomic E-state index is 0. The molecule has 0 aromatic rings. The summed E-state index contributed by atoms with van der Waals surface area (Å²) < 4.78 is 0. The van der Waals surface area contributed by atoms with Crippen molar-refractivity contribution < 1.29 is 29.1 Å². The fourth-order valence-corrected chi connectivity index (χ4v) is 2.04. The molecule has 6 nitrogen and oxygen atoms in total. The van der Waals surface area contributed by atoms with Crippen molar-refractivity contribution in [2.45, 2.75) is 131 Å². The molecular formula is C22H46N4O2Ru. The molecule has 0 radical (unpaired) electrons. The predicted octanol–water partition coefficient (Wildman–Crippen LogP) is 6.80. The average molecular weight is 500 g/mol. The van der Waals surface area contributed by atoms with Crippen molar-refractivity contribution in [1.29, 1.82) is 0 Å². The first kappa shape index (κ1) is 39.3. The summed E-state index contributed by atoms with van der Waals surface area (Å²) in [6, 6.07) is 0.780. The second-order valence-electron chi connectivity index (χ2n) is 8.86. The molecule has 0 saturated heterocycles. The summed E-state index contributed by atoms with van der Waals surface area (Å²) in [5.74, 6) is 0. The van der Waals surface area contributed by atoms with E-state index < -0.39 is 0 Å². The molecule has 0 aliphatic heterocycles. The van der Waals surface area contributed by atoms with Gasteiger partial charge in [0.2, 0.25) is 0 Å². The molecule has 0 aromatic heterocycles. The summed E-state index contributed by atoms with van der Waals surface area (Å²) in [5.41, 5.74) is 0.0815. The molecule has 0 saturated carbocycles. The van der Waals surface area contributed by atoms with Crippen LogP contribution >= 0.6 is 0 Å². The van der Waals surface area contributed by atoms with Crippen molar-refractivity contribution >= 4 is 13.6 Å². The van der Waals surface area contributed by atoms with E-state index in [1.54, 1.807) is 0 Å². The zero-order chi connectivity index (χ0) is 23.6. The number of nitrogens with zero attached hydrogens (tertiary/aromatic N) is 4. The first-order chi connectivity index (χ1) is 12.7. The van der Waals surface area contributed by atoms with E-state index in [-0.39, 0.29) is 42.9 Å². The molecule has 0 aromatic carbocycles. The summed E-state index contributed by atoms with van der Waals surface area (Å²) in [6.07, 6.45) is 2.39. The molecule has 0 fully saturated rings. The minimum Gasteiger partial charge on any atom is -0.676 e. The first-order valence-corrected chi connectivity index (χ1v) is 10.0. The quantitative estimate of drug-likeness (QED) is 0.209. The largest absolute Gasteiger partial charge is 6.00 e. The van der Waals surface area contributed by atoms with E-state index in [1.165, 1.54) is 0 Å². The normalized spacial score (nSPS) is 12.9. The van der Waals surface area contributed by atoms with Crippen LogP contribution in [0.2, 0.25) is 0 Å². The Bertz CT molecular complexity index is 298. The molecule has 0 bridgehead atoms. The number of hydrogen-bond acceptors (Lipinski definition) is 2. The third kappa shape index (κ3) is 38.9. The third-order valence-corrected chi connectivity index (χ3v) is 2.74. The van der Waals surface area contributed by atoms with Crippen LogP contribution in [0.4, 0.5) is 0 Å². The standard InChI is InChI=1S/2C10H22N2.2CHO.Ru/c2*1-7-9(11-8(2)3)12-10(4,5)6;2*1-2;/h2*8-9H,7H2,1-6H3;2*1H;/q2*-2;2*-1;+6. The van der Waals surface area contributed by atoms with Crippen molar-refractivity contribution in [2.75, 3.05) is 0 Å². The van der Waals surface area contributed by atoms with Crippen LogP contribution in [0.3, 0.4) is 0 Å². The molecule has 29 heavy (non-hydrogen) atoms. The van der Waals surface area contributed by atoms with E-state index in [0.717, 1.165) is 12.8 Å². The van der Waals surface area contributed by atoms with E-state index in [4.69, 9.17) is 9.59 Å². The van der Waals surface area contributed by atoms with Gasteiger partial charge >= 0.3 is 19.5 Å². The van der Waals surface area contributed by atoms with Gasteiger partial charge in [-0.2, -0.15) is 0 Å². The van der Waals surface area contributed by atoms with Gasteiger partial charge in [0.05, 0.1) is 0 Å². The molecule has 0 rings (SSSR count). The Morgan fingerprint density at radius 1 is 0.621 bits per heavy atom. The molecule has 0 aliphatic rings. The Morgan fingerprint density at radius 3 is 0.931 bits per heavy atom. The average Bonchev–Trinajstić information content (AvgIpc) is 2.54. The van der Waals surface area contributed by atoms with Crippen molar-refractivity contribution in [2.24, 2.45) is 0 Å². The fraction of sp³-hybridized carbons (Fsp3) is 0.909. The monoisotopic (exact) mass is 500 g/mol. The van der Waals surface area contributed by atoms with Gasteiger partial charge in [0.1, 0.15) is 0 Å². The van der Waals surface area contributed by atoms with Crippen LogP contribution < -0.4 is 0 Å². The molecule has 0 N–H and O–H groups in total. The van der Waals surface area contributed by atoms with E-state index in [9.17, 15) is 0 Å². The van der Waals surface area contributed by atoms with Crippen LogP contribution in [0.1, 0.15) is 95.9 Å². The summed E-state index contributed by atoms with van der Waals surface area (Å²) in [7, 11) is 0. The van der Waals surface area contributed by atoms with Crippen molar-refractivity contribution in [3.8, 4) is 0 Å². The topological polar surface area (TPSA) is 90.5 Å². The maximum Gasteiger partial charge on any atom is 6.00 e. The predicted molar refractivity (Wildman–Crippen MR) is 125 cm³/mol. The van der Waals surface area contributed by atoms with Crippen LogP contribution in [-0.4, -0.2) is 49.1 Å². The van der Waals surface area contributed by atoms with Crippen LogP contribution in [0.5, 0.6) is 0 Å². The maximum atomic E-state index is 7.75.